The van der Waals surface area contributed by atoms with Gasteiger partial charge in [-0.25, -0.2) is 15.0 Å². The summed E-state index contributed by atoms with van der Waals surface area (Å²) in [5.74, 6) is 1.30. The minimum absolute atomic E-state index is 0.573. The van der Waals surface area contributed by atoms with Crippen molar-refractivity contribution in [2.45, 2.75) is 13.5 Å². The zero-order valence-electron chi connectivity index (χ0n) is 10.3. The Labute approximate surface area is 109 Å². The van der Waals surface area contributed by atoms with E-state index < -0.39 is 0 Å². The Hall–Kier alpha value is -1.89. The lowest BCUT2D eigenvalue weighted by Gasteiger charge is -2.05. The molecule has 0 atom stereocenters. The van der Waals surface area contributed by atoms with Gasteiger partial charge < -0.3 is 15.4 Å². The zero-order chi connectivity index (χ0) is 12.8. The van der Waals surface area contributed by atoms with E-state index in [-0.39, 0.29) is 0 Å². The maximum Gasteiger partial charge on any atom is 0.218 e. The lowest BCUT2D eigenvalue weighted by atomic mass is 10.4. The second kappa shape index (κ2) is 6.15. The van der Waals surface area contributed by atoms with Gasteiger partial charge in [0.2, 0.25) is 5.88 Å². The average molecular weight is 265 g/mol. The van der Waals surface area contributed by atoms with Crippen LogP contribution in [0.4, 0.5) is 10.9 Å². The van der Waals surface area contributed by atoms with Crippen molar-refractivity contribution in [2.75, 3.05) is 24.3 Å². The van der Waals surface area contributed by atoms with E-state index in [0.717, 1.165) is 16.6 Å². The highest BCUT2D eigenvalue weighted by atomic mass is 32.1. The summed E-state index contributed by atoms with van der Waals surface area (Å²) in [6, 6.07) is 1.77. The van der Waals surface area contributed by atoms with Crippen LogP contribution >= 0.6 is 11.3 Å². The van der Waals surface area contributed by atoms with E-state index in [4.69, 9.17) is 4.74 Å². The van der Waals surface area contributed by atoms with Gasteiger partial charge in [-0.3, -0.25) is 0 Å². The van der Waals surface area contributed by atoms with Crippen molar-refractivity contribution in [3.8, 4) is 5.88 Å². The molecule has 18 heavy (non-hydrogen) atoms. The van der Waals surface area contributed by atoms with Crippen LogP contribution in [0, 0.1) is 0 Å². The van der Waals surface area contributed by atoms with E-state index in [1.807, 2.05) is 19.4 Å². The maximum atomic E-state index is 5.31. The third kappa shape index (κ3) is 3.30. The lowest BCUT2D eigenvalue weighted by Crippen LogP contribution is -2.03. The monoisotopic (exact) mass is 265 g/mol. The summed E-state index contributed by atoms with van der Waals surface area (Å²) in [4.78, 5) is 12.5. The summed E-state index contributed by atoms with van der Waals surface area (Å²) in [6.07, 6.45) is 1.48. The minimum atomic E-state index is 0.573. The fraction of sp³-hybridized carbons (Fsp3) is 0.364. The second-order valence-corrected chi connectivity index (χ2v) is 4.28. The maximum absolute atomic E-state index is 5.31. The highest BCUT2D eigenvalue weighted by Crippen LogP contribution is 2.16. The Balaban J connectivity index is 1.94. The second-order valence-electron chi connectivity index (χ2n) is 3.42. The van der Waals surface area contributed by atoms with E-state index in [1.165, 1.54) is 6.33 Å². The van der Waals surface area contributed by atoms with Crippen molar-refractivity contribution in [1.29, 1.82) is 0 Å². The van der Waals surface area contributed by atoms with Gasteiger partial charge in [0.1, 0.15) is 12.1 Å². The van der Waals surface area contributed by atoms with Crippen molar-refractivity contribution >= 4 is 22.3 Å². The van der Waals surface area contributed by atoms with Gasteiger partial charge in [-0.05, 0) is 6.92 Å². The first-order chi connectivity index (χ1) is 8.81. The van der Waals surface area contributed by atoms with Gasteiger partial charge in [0.15, 0.2) is 5.13 Å². The van der Waals surface area contributed by atoms with Crippen LogP contribution in [0.2, 0.25) is 0 Å². The topological polar surface area (TPSA) is 72.0 Å². The molecular weight excluding hydrogens is 250 g/mol. The molecule has 0 unspecified atom stereocenters. The minimum Gasteiger partial charge on any atom is -0.478 e. The Morgan fingerprint density at radius 1 is 1.39 bits per heavy atom. The quantitative estimate of drug-likeness (QED) is 0.832. The standard InChI is InChI=1S/C11H15N5OS/c1-3-17-10-4-9(14-7-15-10)13-5-8-6-18-11(12-2)16-8/h4,6-7H,3,5H2,1-2H3,(H,12,16)(H,13,14,15). The molecule has 0 saturated heterocycles. The summed E-state index contributed by atoms with van der Waals surface area (Å²) in [5.41, 5.74) is 0.973. The molecule has 6 nitrogen and oxygen atoms in total. The number of rotatable bonds is 6. The molecule has 2 rings (SSSR count). The average Bonchev–Trinajstić information content (AvgIpc) is 2.85. The van der Waals surface area contributed by atoms with Gasteiger partial charge in [0.05, 0.1) is 18.8 Å². The largest absolute Gasteiger partial charge is 0.478 e. The van der Waals surface area contributed by atoms with Crippen molar-refractivity contribution in [1.82, 2.24) is 15.0 Å². The molecule has 0 amide bonds. The molecule has 96 valence electrons. The summed E-state index contributed by atoms with van der Waals surface area (Å²) >= 11 is 1.58. The first-order valence-electron chi connectivity index (χ1n) is 5.62. The molecule has 0 bridgehead atoms. The van der Waals surface area contributed by atoms with Gasteiger partial charge in [0, 0.05) is 18.5 Å². The lowest BCUT2D eigenvalue weighted by molar-refractivity contribution is 0.326. The highest BCUT2D eigenvalue weighted by molar-refractivity contribution is 7.13. The summed E-state index contributed by atoms with van der Waals surface area (Å²) < 4.78 is 5.31. The number of nitrogens with one attached hydrogen (secondary N) is 2. The third-order valence-electron chi connectivity index (χ3n) is 2.15. The van der Waals surface area contributed by atoms with Crippen LogP contribution in [0.25, 0.3) is 0 Å². The van der Waals surface area contributed by atoms with E-state index in [1.54, 1.807) is 17.4 Å². The van der Waals surface area contributed by atoms with Crippen LogP contribution in [-0.2, 0) is 6.54 Å². The number of hydrogen-bond acceptors (Lipinski definition) is 7. The van der Waals surface area contributed by atoms with Gasteiger partial charge in [-0.1, -0.05) is 0 Å². The van der Waals surface area contributed by atoms with Crippen LogP contribution in [-0.4, -0.2) is 28.6 Å². The number of ether oxygens (including phenoxy) is 1. The Morgan fingerprint density at radius 3 is 3.00 bits per heavy atom. The predicted molar refractivity (Wildman–Crippen MR) is 72.2 cm³/mol. The molecule has 2 heterocycles. The number of hydrogen-bond donors (Lipinski definition) is 2. The summed E-state index contributed by atoms with van der Waals surface area (Å²) in [7, 11) is 1.86. The molecule has 0 aliphatic carbocycles. The molecular formula is C11H15N5OS. The van der Waals surface area contributed by atoms with Gasteiger partial charge >= 0.3 is 0 Å². The molecule has 7 heteroatoms. The van der Waals surface area contributed by atoms with E-state index in [9.17, 15) is 0 Å². The highest BCUT2D eigenvalue weighted by Gasteiger charge is 2.02. The molecule has 0 saturated carbocycles. The Kier molecular flexibility index (Phi) is 4.30. The third-order valence-corrected chi connectivity index (χ3v) is 3.06. The van der Waals surface area contributed by atoms with Crippen LogP contribution in [0.5, 0.6) is 5.88 Å². The molecule has 0 fully saturated rings. The predicted octanol–water partition coefficient (Wildman–Crippen LogP) is 1.99. The van der Waals surface area contributed by atoms with Crippen LogP contribution in [0.3, 0.4) is 0 Å². The molecule has 0 spiro atoms. The summed E-state index contributed by atoms with van der Waals surface area (Å²) in [5, 5.41) is 9.10. The first kappa shape index (κ1) is 12.6. The normalized spacial score (nSPS) is 10.1. The molecule has 0 aliphatic rings. The fourth-order valence-electron chi connectivity index (χ4n) is 1.35. The van der Waals surface area contributed by atoms with Gasteiger partial charge in [-0.2, -0.15) is 0 Å². The van der Waals surface area contributed by atoms with Crippen LogP contribution < -0.4 is 15.4 Å². The molecule has 0 radical (unpaired) electrons. The van der Waals surface area contributed by atoms with E-state index in [0.29, 0.717) is 19.0 Å². The SMILES string of the molecule is CCOc1cc(NCc2csc(NC)n2)ncn1. The van der Waals surface area contributed by atoms with Crippen molar-refractivity contribution in [2.24, 2.45) is 0 Å². The number of anilines is 2. The van der Waals surface area contributed by atoms with Crippen LogP contribution in [0.1, 0.15) is 12.6 Å². The van der Waals surface area contributed by atoms with Crippen molar-refractivity contribution < 1.29 is 4.74 Å². The fourth-order valence-corrected chi connectivity index (χ4v) is 2.02. The molecule has 0 aliphatic heterocycles. The number of thiazole rings is 1. The number of nitrogens with zero attached hydrogens (tertiary/aromatic N) is 3. The number of aromatic nitrogens is 3. The first-order valence-corrected chi connectivity index (χ1v) is 6.50. The summed E-state index contributed by atoms with van der Waals surface area (Å²) in [6.45, 7) is 3.14. The molecule has 2 N–H and O–H groups in total. The zero-order valence-corrected chi connectivity index (χ0v) is 11.1. The van der Waals surface area contributed by atoms with E-state index >= 15 is 0 Å². The Bertz CT molecular complexity index is 502. The van der Waals surface area contributed by atoms with Gasteiger partial charge in [-0.15, -0.1) is 11.3 Å². The van der Waals surface area contributed by atoms with Gasteiger partial charge in [0.25, 0.3) is 0 Å². The van der Waals surface area contributed by atoms with Crippen molar-refractivity contribution in [3.05, 3.63) is 23.5 Å². The molecule has 2 aromatic heterocycles. The Morgan fingerprint density at radius 2 is 2.28 bits per heavy atom. The molecule has 0 aromatic carbocycles. The van der Waals surface area contributed by atoms with E-state index in [2.05, 4.69) is 25.6 Å². The molecule has 2 aromatic rings. The van der Waals surface area contributed by atoms with Crippen LogP contribution in [0.15, 0.2) is 17.8 Å². The smallest absolute Gasteiger partial charge is 0.218 e. The van der Waals surface area contributed by atoms with Crippen molar-refractivity contribution in [3.63, 3.8) is 0 Å².